The number of rotatable bonds is 3. The molecular weight excluding hydrogens is 188 g/mol. The van der Waals surface area contributed by atoms with Crippen molar-refractivity contribution in [2.45, 2.75) is 13.2 Å². The SMILES string of the molecule is COC1NC(C)=CC(C=O)=C1[N+](=O)[O-]. The van der Waals surface area contributed by atoms with Gasteiger partial charge in [0, 0.05) is 12.8 Å². The number of dihydropyridines is 1. The highest BCUT2D eigenvalue weighted by Crippen LogP contribution is 2.17. The maximum Gasteiger partial charge on any atom is 0.305 e. The number of nitrogens with one attached hydrogen (secondary N) is 1. The molecule has 1 rings (SSSR count). The van der Waals surface area contributed by atoms with Gasteiger partial charge >= 0.3 is 5.70 Å². The van der Waals surface area contributed by atoms with Crippen molar-refractivity contribution in [1.29, 1.82) is 0 Å². The lowest BCUT2D eigenvalue weighted by molar-refractivity contribution is -0.438. The van der Waals surface area contributed by atoms with Crippen LogP contribution in [0.1, 0.15) is 6.92 Å². The van der Waals surface area contributed by atoms with Crippen molar-refractivity contribution >= 4 is 6.29 Å². The van der Waals surface area contributed by atoms with Crippen molar-refractivity contribution in [1.82, 2.24) is 5.32 Å². The van der Waals surface area contributed by atoms with E-state index < -0.39 is 11.2 Å². The van der Waals surface area contributed by atoms with Crippen LogP contribution in [0, 0.1) is 10.1 Å². The Morgan fingerprint density at radius 2 is 2.36 bits per heavy atom. The quantitative estimate of drug-likeness (QED) is 0.398. The number of ether oxygens (including phenoxy) is 1. The van der Waals surface area contributed by atoms with Gasteiger partial charge in [0.1, 0.15) is 0 Å². The Bertz CT molecular complexity index is 332. The Morgan fingerprint density at radius 1 is 1.71 bits per heavy atom. The number of methoxy groups -OCH3 is 1. The Kier molecular flexibility index (Phi) is 2.98. The molecule has 1 atom stereocenters. The van der Waals surface area contributed by atoms with Gasteiger partial charge in [0.2, 0.25) is 6.23 Å². The maximum absolute atomic E-state index is 10.6. The zero-order chi connectivity index (χ0) is 10.7. The van der Waals surface area contributed by atoms with Crippen LogP contribution in [0.4, 0.5) is 0 Å². The molecule has 0 amide bonds. The van der Waals surface area contributed by atoms with E-state index >= 15 is 0 Å². The standard InChI is InChI=1S/C8H10N2O4/c1-5-3-6(4-11)7(10(12)13)8(9-5)14-2/h3-4,8-9H,1-2H3. The Morgan fingerprint density at radius 3 is 2.79 bits per heavy atom. The molecule has 6 heteroatoms. The van der Waals surface area contributed by atoms with E-state index in [1.807, 2.05) is 0 Å². The fraction of sp³-hybridized carbons (Fsp3) is 0.375. The van der Waals surface area contributed by atoms with Crippen LogP contribution < -0.4 is 5.32 Å². The third kappa shape index (κ3) is 1.80. The van der Waals surface area contributed by atoms with Crippen molar-refractivity contribution in [3.05, 3.63) is 33.2 Å². The summed E-state index contributed by atoms with van der Waals surface area (Å²) in [6.45, 7) is 1.70. The topological polar surface area (TPSA) is 81.5 Å². The number of nitro groups is 1. The summed E-state index contributed by atoms with van der Waals surface area (Å²) in [5, 5.41) is 13.4. The third-order valence-electron chi connectivity index (χ3n) is 1.83. The summed E-state index contributed by atoms with van der Waals surface area (Å²) in [5.41, 5.74) is 0.441. The van der Waals surface area contributed by atoms with Crippen LogP contribution in [-0.4, -0.2) is 24.5 Å². The summed E-state index contributed by atoms with van der Waals surface area (Å²) in [7, 11) is 1.34. The molecule has 0 fully saturated rings. The monoisotopic (exact) mass is 198 g/mol. The van der Waals surface area contributed by atoms with Gasteiger partial charge in [-0.05, 0) is 13.0 Å². The smallest absolute Gasteiger partial charge is 0.305 e. The van der Waals surface area contributed by atoms with Crippen molar-refractivity contribution in [2.24, 2.45) is 0 Å². The summed E-state index contributed by atoms with van der Waals surface area (Å²) in [6, 6.07) is 0. The summed E-state index contributed by atoms with van der Waals surface area (Å²) in [6.07, 6.45) is 1.00. The van der Waals surface area contributed by atoms with E-state index in [1.165, 1.54) is 13.2 Å². The predicted octanol–water partition coefficient (Wildman–Crippen LogP) is 0.196. The highest BCUT2D eigenvalue weighted by atomic mass is 16.6. The average molecular weight is 198 g/mol. The Balaban J connectivity index is 3.20. The zero-order valence-corrected chi connectivity index (χ0v) is 7.81. The van der Waals surface area contributed by atoms with Crippen LogP contribution in [0.2, 0.25) is 0 Å². The molecule has 0 saturated carbocycles. The number of carbonyl (C=O) groups is 1. The van der Waals surface area contributed by atoms with Crippen LogP contribution in [0.15, 0.2) is 23.0 Å². The lowest BCUT2D eigenvalue weighted by Gasteiger charge is -2.20. The average Bonchev–Trinajstić information content (AvgIpc) is 2.15. The molecular formula is C8H10N2O4. The van der Waals surface area contributed by atoms with E-state index in [1.54, 1.807) is 6.92 Å². The molecule has 0 aromatic rings. The summed E-state index contributed by atoms with van der Waals surface area (Å²) >= 11 is 0. The molecule has 14 heavy (non-hydrogen) atoms. The molecule has 76 valence electrons. The van der Waals surface area contributed by atoms with E-state index in [2.05, 4.69) is 5.32 Å². The van der Waals surface area contributed by atoms with Gasteiger partial charge < -0.3 is 10.1 Å². The first-order valence-electron chi connectivity index (χ1n) is 3.91. The van der Waals surface area contributed by atoms with Crippen LogP contribution in [0.5, 0.6) is 0 Å². The van der Waals surface area contributed by atoms with Crippen LogP contribution in [0.3, 0.4) is 0 Å². The minimum absolute atomic E-state index is 0.0399. The van der Waals surface area contributed by atoms with Crippen LogP contribution in [0.25, 0.3) is 0 Å². The first kappa shape index (κ1) is 10.4. The molecule has 0 aromatic carbocycles. The lowest BCUT2D eigenvalue weighted by atomic mass is 10.1. The minimum atomic E-state index is -0.866. The van der Waals surface area contributed by atoms with E-state index in [0.717, 1.165) is 0 Å². The first-order chi connectivity index (χ1) is 6.60. The van der Waals surface area contributed by atoms with Gasteiger partial charge in [0.15, 0.2) is 6.29 Å². The van der Waals surface area contributed by atoms with E-state index in [0.29, 0.717) is 12.0 Å². The molecule has 0 saturated heterocycles. The minimum Gasteiger partial charge on any atom is -0.355 e. The molecule has 1 aliphatic rings. The van der Waals surface area contributed by atoms with Crippen molar-refractivity contribution in [3.63, 3.8) is 0 Å². The van der Waals surface area contributed by atoms with Gasteiger partial charge in [0.25, 0.3) is 0 Å². The first-order valence-corrected chi connectivity index (χ1v) is 3.91. The fourth-order valence-electron chi connectivity index (χ4n) is 1.24. The fourth-order valence-corrected chi connectivity index (χ4v) is 1.24. The summed E-state index contributed by atoms with van der Waals surface area (Å²) < 4.78 is 4.86. The van der Waals surface area contributed by atoms with Gasteiger partial charge in [-0.2, -0.15) is 0 Å². The van der Waals surface area contributed by atoms with E-state index in [-0.39, 0.29) is 11.3 Å². The second-order valence-electron chi connectivity index (χ2n) is 2.80. The van der Waals surface area contributed by atoms with Crippen LogP contribution in [-0.2, 0) is 9.53 Å². The van der Waals surface area contributed by atoms with Gasteiger partial charge in [-0.3, -0.25) is 14.9 Å². The van der Waals surface area contributed by atoms with Crippen molar-refractivity contribution in [2.75, 3.05) is 7.11 Å². The molecule has 1 aliphatic heterocycles. The molecule has 1 unspecified atom stereocenters. The lowest BCUT2D eigenvalue weighted by Crippen LogP contribution is -2.37. The zero-order valence-electron chi connectivity index (χ0n) is 7.81. The van der Waals surface area contributed by atoms with Crippen molar-refractivity contribution < 1.29 is 14.5 Å². The normalized spacial score (nSPS) is 21.3. The second-order valence-corrected chi connectivity index (χ2v) is 2.80. The van der Waals surface area contributed by atoms with Crippen LogP contribution >= 0.6 is 0 Å². The number of allylic oxidation sites excluding steroid dienone is 3. The van der Waals surface area contributed by atoms with Gasteiger partial charge in [0.05, 0.1) is 10.5 Å². The highest BCUT2D eigenvalue weighted by Gasteiger charge is 2.31. The molecule has 0 aromatic heterocycles. The molecule has 1 N–H and O–H groups in total. The van der Waals surface area contributed by atoms with Gasteiger partial charge in [-0.25, -0.2) is 0 Å². The molecule has 0 bridgehead atoms. The predicted molar refractivity (Wildman–Crippen MR) is 47.8 cm³/mol. The summed E-state index contributed by atoms with van der Waals surface area (Å²) in [4.78, 5) is 20.6. The maximum atomic E-state index is 10.6. The molecule has 0 aliphatic carbocycles. The van der Waals surface area contributed by atoms with E-state index in [4.69, 9.17) is 4.74 Å². The molecule has 6 nitrogen and oxygen atoms in total. The molecule has 0 spiro atoms. The third-order valence-corrected chi connectivity index (χ3v) is 1.83. The number of hydrogen-bond donors (Lipinski definition) is 1. The number of hydrogen-bond acceptors (Lipinski definition) is 5. The van der Waals surface area contributed by atoms with Gasteiger partial charge in [-0.15, -0.1) is 0 Å². The number of aldehydes is 1. The van der Waals surface area contributed by atoms with E-state index in [9.17, 15) is 14.9 Å². The number of nitrogens with zero attached hydrogens (tertiary/aromatic N) is 1. The second kappa shape index (κ2) is 4.01. The van der Waals surface area contributed by atoms with Gasteiger partial charge in [-0.1, -0.05) is 0 Å². The molecule has 0 radical (unpaired) electrons. The largest absolute Gasteiger partial charge is 0.355 e. The van der Waals surface area contributed by atoms with Crippen molar-refractivity contribution in [3.8, 4) is 0 Å². The summed E-state index contributed by atoms with van der Waals surface area (Å²) in [5.74, 6) is 0. The Labute approximate surface area is 80.4 Å². The highest BCUT2D eigenvalue weighted by molar-refractivity contribution is 5.79. The Hall–Kier alpha value is -1.69. The number of carbonyl (C=O) groups excluding carboxylic acids is 1. The molecule has 1 heterocycles.